The zero-order valence-electron chi connectivity index (χ0n) is 27.4. The molecule has 4 heterocycles. The Labute approximate surface area is 302 Å². The number of aromatic hydroxyl groups is 1. The summed E-state index contributed by atoms with van der Waals surface area (Å²) in [7, 11) is 5.24. The van der Waals surface area contributed by atoms with Gasteiger partial charge in [-0.1, -0.05) is 41.9 Å². The Morgan fingerprint density at radius 3 is 2.69 bits per heavy atom. The third kappa shape index (κ3) is 6.45. The first-order valence-electron chi connectivity index (χ1n) is 15.9. The molecule has 13 heteroatoms. The Kier molecular flexibility index (Phi) is 9.94. The Morgan fingerprint density at radius 2 is 1.88 bits per heavy atom. The summed E-state index contributed by atoms with van der Waals surface area (Å²) in [5.74, 6) is 3.58. The summed E-state index contributed by atoms with van der Waals surface area (Å²) in [6, 6.07) is 17.8. The molecule has 3 aromatic heterocycles. The second-order valence-corrected chi connectivity index (χ2v) is 15.4. The van der Waals surface area contributed by atoms with Crippen LogP contribution in [0.1, 0.15) is 45.2 Å². The lowest BCUT2D eigenvalue weighted by molar-refractivity contribution is 0.0589. The van der Waals surface area contributed by atoms with Crippen LogP contribution in [0, 0.1) is 0 Å². The number of aliphatic hydroxyl groups is 1. The predicted molar refractivity (Wildman–Crippen MR) is 201 cm³/mol. The topological polar surface area (TPSA) is 107 Å². The van der Waals surface area contributed by atoms with E-state index in [9.17, 15) is 15.0 Å². The number of hydrogen-bond acceptors (Lipinski definition) is 9. The van der Waals surface area contributed by atoms with Crippen molar-refractivity contribution in [2.45, 2.75) is 46.6 Å². The summed E-state index contributed by atoms with van der Waals surface area (Å²) < 4.78 is 11.1. The average molecular weight is 734 g/mol. The molecule has 9 nitrogen and oxygen atoms in total. The van der Waals surface area contributed by atoms with Crippen LogP contribution in [-0.2, 0) is 54.1 Å². The molecule has 0 aliphatic carbocycles. The summed E-state index contributed by atoms with van der Waals surface area (Å²) >= 11 is 12.3. The number of rotatable bonds is 12. The second-order valence-electron chi connectivity index (χ2n) is 12.0. The van der Waals surface area contributed by atoms with E-state index in [1.165, 1.54) is 7.11 Å². The number of ether oxygens (including phenoxy) is 1. The van der Waals surface area contributed by atoms with Gasteiger partial charge < -0.3 is 19.5 Å². The maximum atomic E-state index is 13.0. The molecule has 0 bridgehead atoms. The maximum absolute atomic E-state index is 13.0. The molecule has 0 spiro atoms. The minimum atomic E-state index is -0.413. The largest absolute Gasteiger partial charge is 0.507 e. The van der Waals surface area contributed by atoms with E-state index in [1.54, 1.807) is 23.5 Å². The number of methoxy groups -OCH3 is 1. The van der Waals surface area contributed by atoms with E-state index < -0.39 is 5.97 Å². The van der Waals surface area contributed by atoms with Crippen molar-refractivity contribution in [2.24, 2.45) is 14.1 Å². The number of esters is 1. The first-order chi connectivity index (χ1) is 23.8. The zero-order valence-corrected chi connectivity index (χ0v) is 30.6. The zero-order chi connectivity index (χ0) is 34.2. The van der Waals surface area contributed by atoms with Crippen LogP contribution in [0.4, 0.5) is 0 Å². The quantitative estimate of drug-likeness (QED) is 0.0958. The minimum absolute atomic E-state index is 0.0264. The highest BCUT2D eigenvalue weighted by Crippen LogP contribution is 2.45. The van der Waals surface area contributed by atoms with Crippen molar-refractivity contribution in [2.75, 3.05) is 13.7 Å². The fourth-order valence-corrected chi connectivity index (χ4v) is 9.71. The third-order valence-electron chi connectivity index (χ3n) is 8.92. The van der Waals surface area contributed by atoms with Crippen LogP contribution in [0.5, 0.6) is 5.75 Å². The average Bonchev–Trinajstić information content (AvgIpc) is 3.85. The highest BCUT2D eigenvalue weighted by molar-refractivity contribution is 7.98. The van der Waals surface area contributed by atoms with E-state index in [0.717, 1.165) is 83.4 Å². The van der Waals surface area contributed by atoms with Crippen molar-refractivity contribution < 1.29 is 19.7 Å². The molecule has 7 rings (SSSR count). The van der Waals surface area contributed by atoms with Gasteiger partial charge >= 0.3 is 5.97 Å². The molecular formula is C36H36ClN5O4S3. The highest BCUT2D eigenvalue weighted by atomic mass is 35.5. The molecule has 3 aromatic carbocycles. The lowest BCUT2D eigenvalue weighted by Gasteiger charge is -2.12. The first-order valence-corrected chi connectivity index (χ1v) is 19.6. The van der Waals surface area contributed by atoms with Crippen LogP contribution in [0.2, 0.25) is 5.02 Å². The Hall–Kier alpha value is -3.55. The van der Waals surface area contributed by atoms with Crippen molar-refractivity contribution in [1.82, 2.24) is 24.1 Å². The molecule has 0 radical (unpaired) electrons. The SMILES string of the molecule is COC(=O)c1c(CCCO)c2ccc(Cl)c(-c3c(CSCc4cc(CSc5cc(O)c6ccccc6c5)n(C)n4)nn4c3CSC4)c2n1C. The van der Waals surface area contributed by atoms with Crippen LogP contribution in [0.3, 0.4) is 0 Å². The lowest BCUT2D eigenvalue weighted by atomic mass is 9.98. The van der Waals surface area contributed by atoms with Crippen molar-refractivity contribution in [3.8, 4) is 16.9 Å². The van der Waals surface area contributed by atoms with Crippen LogP contribution in [-0.4, -0.2) is 54.0 Å². The Bertz CT molecular complexity index is 2210. The van der Waals surface area contributed by atoms with Gasteiger partial charge in [-0.05, 0) is 48.1 Å². The first kappa shape index (κ1) is 33.9. The Morgan fingerprint density at radius 1 is 1.04 bits per heavy atom. The molecule has 49 heavy (non-hydrogen) atoms. The molecule has 0 fully saturated rings. The Balaban J connectivity index is 1.14. The van der Waals surface area contributed by atoms with E-state index in [0.29, 0.717) is 40.8 Å². The van der Waals surface area contributed by atoms with Gasteiger partial charge in [-0.25, -0.2) is 4.79 Å². The number of benzene rings is 3. The molecule has 1 aliphatic heterocycles. The van der Waals surface area contributed by atoms with Gasteiger partial charge in [0.2, 0.25) is 0 Å². The van der Waals surface area contributed by atoms with Gasteiger partial charge in [0.25, 0.3) is 0 Å². The van der Waals surface area contributed by atoms with Crippen molar-refractivity contribution in [1.29, 1.82) is 0 Å². The number of hydrogen-bond donors (Lipinski definition) is 2. The summed E-state index contributed by atoms with van der Waals surface area (Å²) in [5.41, 5.74) is 8.27. The number of aryl methyl sites for hydroxylation is 3. The van der Waals surface area contributed by atoms with Gasteiger partial charge in [0, 0.05) is 76.2 Å². The summed E-state index contributed by atoms with van der Waals surface area (Å²) in [4.78, 5) is 14.0. The molecule has 0 saturated carbocycles. The summed E-state index contributed by atoms with van der Waals surface area (Å²) in [6.07, 6.45) is 1.07. The van der Waals surface area contributed by atoms with Gasteiger partial charge in [-0.15, -0.1) is 35.3 Å². The van der Waals surface area contributed by atoms with E-state index in [2.05, 4.69) is 16.8 Å². The number of fused-ring (bicyclic) bond motifs is 3. The summed E-state index contributed by atoms with van der Waals surface area (Å²) in [6.45, 7) is 0.0264. The standard InChI is InChI=1S/C36H36ClN5O4S3/c1-40-34-27(26(9-6-12-43)35(40)36(45)46-3)10-11-28(37)32(34)33-29(39-42-20-48-19-30(33)42)18-47-16-22-14-23(41(2)38-22)17-49-24-13-21-7-4-5-8-25(21)31(44)15-24/h4-5,7-8,10-11,13-15,43-44H,6,9,12,16-20H2,1-3H3. The minimum Gasteiger partial charge on any atom is -0.507 e. The molecule has 1 aliphatic rings. The van der Waals surface area contributed by atoms with Crippen LogP contribution in [0.15, 0.2) is 59.5 Å². The van der Waals surface area contributed by atoms with Gasteiger partial charge in [0.05, 0.1) is 40.6 Å². The molecular weight excluding hydrogens is 698 g/mol. The highest BCUT2D eigenvalue weighted by Gasteiger charge is 2.30. The van der Waals surface area contributed by atoms with Gasteiger partial charge in [0.1, 0.15) is 11.4 Å². The van der Waals surface area contributed by atoms with E-state index >= 15 is 0 Å². The molecule has 0 amide bonds. The van der Waals surface area contributed by atoms with Crippen LogP contribution in [0.25, 0.3) is 32.8 Å². The normalized spacial score (nSPS) is 12.8. The van der Waals surface area contributed by atoms with E-state index in [4.69, 9.17) is 26.5 Å². The van der Waals surface area contributed by atoms with E-state index in [1.807, 2.05) is 77.6 Å². The smallest absolute Gasteiger partial charge is 0.354 e. The van der Waals surface area contributed by atoms with Crippen molar-refractivity contribution in [3.63, 3.8) is 0 Å². The fraction of sp³-hybridized carbons (Fsp3) is 0.306. The number of halogens is 1. The van der Waals surface area contributed by atoms with Crippen LogP contribution < -0.4 is 0 Å². The lowest BCUT2D eigenvalue weighted by Crippen LogP contribution is -2.10. The number of aliphatic hydroxyl groups excluding tert-OH is 1. The third-order valence-corrected chi connectivity index (χ3v) is 12.1. The van der Waals surface area contributed by atoms with Crippen molar-refractivity contribution >= 4 is 74.5 Å². The fourth-order valence-electron chi connectivity index (χ4n) is 6.66. The molecule has 254 valence electrons. The number of phenols is 1. The summed E-state index contributed by atoms with van der Waals surface area (Å²) in [5, 5.41) is 33.4. The maximum Gasteiger partial charge on any atom is 0.354 e. The monoisotopic (exact) mass is 733 g/mol. The molecule has 0 atom stereocenters. The number of thioether (sulfide) groups is 3. The number of carbonyl (C=O) groups excluding carboxylic acids is 1. The molecule has 2 N–H and O–H groups in total. The predicted octanol–water partition coefficient (Wildman–Crippen LogP) is 7.93. The number of carbonyl (C=O) groups is 1. The second kappa shape index (κ2) is 14.4. The van der Waals surface area contributed by atoms with Gasteiger partial charge in [-0.3, -0.25) is 9.36 Å². The molecule has 0 saturated heterocycles. The number of aromatic nitrogens is 5. The van der Waals surface area contributed by atoms with Crippen LogP contribution >= 0.6 is 46.9 Å². The molecule has 0 unspecified atom stereocenters. The number of nitrogens with zero attached hydrogens (tertiary/aromatic N) is 5. The molecule has 6 aromatic rings. The number of phenolic OH excluding ortho intramolecular Hbond substituents is 1. The van der Waals surface area contributed by atoms with Crippen molar-refractivity contribution in [3.05, 3.63) is 93.7 Å². The van der Waals surface area contributed by atoms with Gasteiger partial charge in [-0.2, -0.15) is 10.2 Å². The van der Waals surface area contributed by atoms with E-state index in [-0.39, 0.29) is 6.61 Å². The van der Waals surface area contributed by atoms with Gasteiger partial charge in [0.15, 0.2) is 0 Å².